The van der Waals surface area contributed by atoms with Crippen molar-refractivity contribution in [3.05, 3.63) is 11.6 Å². The third kappa shape index (κ3) is 3.92. The van der Waals surface area contributed by atoms with Gasteiger partial charge in [0.2, 0.25) is 0 Å². The van der Waals surface area contributed by atoms with Gasteiger partial charge in [-0.25, -0.2) is 0 Å². The second-order valence-corrected chi connectivity index (χ2v) is 2.89. The predicted octanol–water partition coefficient (Wildman–Crippen LogP) is -2.57. The van der Waals surface area contributed by atoms with Crippen molar-refractivity contribution in [3.8, 4) is 0 Å². The molecule has 0 fully saturated rings. The second kappa shape index (κ2) is 7.17. The summed E-state index contributed by atoms with van der Waals surface area (Å²) in [5.74, 6) is -0.480. The zero-order valence-corrected chi connectivity index (χ0v) is 10.8. The van der Waals surface area contributed by atoms with E-state index in [1.165, 1.54) is 6.92 Å². The van der Waals surface area contributed by atoms with Crippen LogP contribution in [0, 0.1) is 6.08 Å². The third-order valence-corrected chi connectivity index (χ3v) is 1.78. The molecule has 1 unspecified atom stereocenters. The van der Waals surface area contributed by atoms with Gasteiger partial charge >= 0.3 is 29.6 Å². The van der Waals surface area contributed by atoms with Crippen molar-refractivity contribution in [1.29, 1.82) is 0 Å². The predicted molar refractivity (Wildman–Crippen MR) is 46.2 cm³/mol. The first-order valence-electron chi connectivity index (χ1n) is 4.10. The van der Waals surface area contributed by atoms with E-state index in [-0.39, 0.29) is 58.3 Å². The quantitative estimate of drug-likeness (QED) is 0.313. The molecule has 74 valence electrons. The number of rotatable bonds is 3. The van der Waals surface area contributed by atoms with Crippen molar-refractivity contribution in [2.24, 2.45) is 0 Å². The minimum atomic E-state index is -0.277. The summed E-state index contributed by atoms with van der Waals surface area (Å²) in [6.45, 7) is 3.41. The fraction of sp³-hybridized carbons (Fsp3) is 0.556. The van der Waals surface area contributed by atoms with Crippen LogP contribution in [0.15, 0.2) is 5.57 Å². The molecule has 0 aliphatic carbocycles. The molecule has 0 saturated carbocycles. The SMILES string of the molecule is CCCC1[C-]=C(C(C)=O)C(=O)N1.[Na+].[OH-]. The minimum Gasteiger partial charge on any atom is -0.870 e. The Kier molecular flexibility index (Phi) is 8.34. The summed E-state index contributed by atoms with van der Waals surface area (Å²) in [5.41, 5.74) is 0.188. The van der Waals surface area contributed by atoms with E-state index < -0.39 is 0 Å². The summed E-state index contributed by atoms with van der Waals surface area (Å²) in [5, 5.41) is 2.68. The van der Waals surface area contributed by atoms with Crippen LogP contribution in [0.3, 0.4) is 0 Å². The summed E-state index contributed by atoms with van der Waals surface area (Å²) in [6, 6.07) is -0.0543. The molecule has 0 aromatic carbocycles. The van der Waals surface area contributed by atoms with Crippen LogP contribution in [-0.4, -0.2) is 23.2 Å². The Morgan fingerprint density at radius 1 is 1.57 bits per heavy atom. The van der Waals surface area contributed by atoms with Crippen molar-refractivity contribution in [2.45, 2.75) is 32.7 Å². The molecule has 1 atom stereocenters. The molecule has 0 radical (unpaired) electrons. The van der Waals surface area contributed by atoms with Gasteiger partial charge in [-0.2, -0.15) is 6.08 Å². The Hall–Kier alpha value is -0.160. The van der Waals surface area contributed by atoms with E-state index in [1.54, 1.807) is 0 Å². The third-order valence-electron chi connectivity index (χ3n) is 1.78. The number of hydrogen-bond acceptors (Lipinski definition) is 3. The smallest absolute Gasteiger partial charge is 0.870 e. The Morgan fingerprint density at radius 2 is 2.14 bits per heavy atom. The zero-order valence-electron chi connectivity index (χ0n) is 8.76. The zero-order chi connectivity index (χ0) is 9.14. The summed E-state index contributed by atoms with van der Waals surface area (Å²) in [6.07, 6.45) is 4.67. The molecule has 14 heavy (non-hydrogen) atoms. The Balaban J connectivity index is 0. The normalized spacial score (nSPS) is 18.9. The van der Waals surface area contributed by atoms with Gasteiger partial charge in [-0.1, -0.05) is 18.9 Å². The van der Waals surface area contributed by atoms with E-state index in [0.717, 1.165) is 12.8 Å². The molecule has 0 aromatic heterocycles. The molecule has 0 saturated heterocycles. The molecule has 4 nitrogen and oxygen atoms in total. The van der Waals surface area contributed by atoms with Crippen molar-refractivity contribution in [2.75, 3.05) is 0 Å². The summed E-state index contributed by atoms with van der Waals surface area (Å²) in [7, 11) is 0. The topological polar surface area (TPSA) is 76.2 Å². The van der Waals surface area contributed by atoms with Crippen molar-refractivity contribution >= 4 is 11.7 Å². The average Bonchev–Trinajstić information content (AvgIpc) is 2.32. The van der Waals surface area contributed by atoms with E-state index in [9.17, 15) is 9.59 Å². The Labute approximate surface area is 106 Å². The maximum Gasteiger partial charge on any atom is 1.00 e. The largest absolute Gasteiger partial charge is 1.00 e. The summed E-state index contributed by atoms with van der Waals surface area (Å²) < 4.78 is 0. The van der Waals surface area contributed by atoms with Crippen LogP contribution in [0.4, 0.5) is 0 Å². The first kappa shape index (κ1) is 16.3. The van der Waals surface area contributed by atoms with Crippen molar-refractivity contribution in [1.82, 2.24) is 5.32 Å². The second-order valence-electron chi connectivity index (χ2n) is 2.89. The molecule has 0 bridgehead atoms. The van der Waals surface area contributed by atoms with Gasteiger partial charge in [-0.05, 0) is 19.4 Å². The number of carbonyl (C=O) groups is 2. The number of nitrogens with one attached hydrogen (secondary N) is 1. The molecular formula is C9H13NNaO3-. The molecular weight excluding hydrogens is 193 g/mol. The van der Waals surface area contributed by atoms with E-state index in [1.807, 2.05) is 6.92 Å². The summed E-state index contributed by atoms with van der Waals surface area (Å²) >= 11 is 0. The van der Waals surface area contributed by atoms with Crippen LogP contribution in [0.25, 0.3) is 0 Å². The van der Waals surface area contributed by atoms with Gasteiger partial charge < -0.3 is 20.4 Å². The molecule has 2 N–H and O–H groups in total. The van der Waals surface area contributed by atoms with Gasteiger partial charge in [0.25, 0.3) is 0 Å². The average molecular weight is 206 g/mol. The monoisotopic (exact) mass is 206 g/mol. The molecule has 1 rings (SSSR count). The molecule has 1 amide bonds. The summed E-state index contributed by atoms with van der Waals surface area (Å²) in [4.78, 5) is 21.9. The maximum absolute atomic E-state index is 11.1. The maximum atomic E-state index is 11.1. The minimum absolute atomic E-state index is 0. The number of carbonyl (C=O) groups excluding carboxylic acids is 2. The Morgan fingerprint density at radius 3 is 2.50 bits per heavy atom. The van der Waals surface area contributed by atoms with Gasteiger partial charge in [0.1, 0.15) is 5.91 Å². The van der Waals surface area contributed by atoms with Gasteiger partial charge in [0.05, 0.1) is 5.78 Å². The Bertz CT molecular complexity index is 250. The number of Topliss-reactive ketones (excluding diaryl/α,β-unsaturated/α-hetero) is 1. The number of amides is 1. The van der Waals surface area contributed by atoms with E-state index in [2.05, 4.69) is 11.4 Å². The van der Waals surface area contributed by atoms with Crippen LogP contribution in [0.5, 0.6) is 0 Å². The molecule has 1 aliphatic rings. The number of ketones is 1. The molecule has 1 aliphatic heterocycles. The molecule has 5 heteroatoms. The van der Waals surface area contributed by atoms with Gasteiger partial charge in [-0.15, -0.1) is 0 Å². The first-order chi connectivity index (χ1) is 5.65. The number of hydrogen-bond donors (Lipinski definition) is 1. The van der Waals surface area contributed by atoms with Crippen LogP contribution in [0.2, 0.25) is 0 Å². The van der Waals surface area contributed by atoms with E-state index in [0.29, 0.717) is 0 Å². The van der Waals surface area contributed by atoms with Crippen LogP contribution >= 0.6 is 0 Å². The van der Waals surface area contributed by atoms with Crippen LogP contribution < -0.4 is 34.9 Å². The van der Waals surface area contributed by atoms with Gasteiger partial charge in [0.15, 0.2) is 0 Å². The van der Waals surface area contributed by atoms with Crippen LogP contribution in [-0.2, 0) is 9.59 Å². The fourth-order valence-corrected chi connectivity index (χ4v) is 1.20. The molecule has 1 heterocycles. The van der Waals surface area contributed by atoms with Crippen LogP contribution in [0.1, 0.15) is 26.7 Å². The standard InChI is InChI=1S/C9H12NO2.Na.H2O/c1-3-4-7-5-8(6(2)11)9(12)10-7;;/h7H,3-4H2,1-2H3,(H,10,12);;1H2/q-1;+1;/p-1. The van der Waals surface area contributed by atoms with E-state index >= 15 is 0 Å². The van der Waals surface area contributed by atoms with E-state index in [4.69, 9.17) is 0 Å². The first-order valence-corrected chi connectivity index (χ1v) is 4.10. The van der Waals surface area contributed by atoms with Crippen molar-refractivity contribution in [3.63, 3.8) is 0 Å². The molecule has 0 aromatic rings. The van der Waals surface area contributed by atoms with Gasteiger partial charge in [-0.3, -0.25) is 0 Å². The fourth-order valence-electron chi connectivity index (χ4n) is 1.20. The van der Waals surface area contributed by atoms with Crippen molar-refractivity contribution < 1.29 is 44.6 Å². The molecule has 0 spiro atoms. The van der Waals surface area contributed by atoms with Gasteiger partial charge in [0, 0.05) is 0 Å².